The van der Waals surface area contributed by atoms with E-state index in [1.807, 2.05) is 0 Å². The molecule has 2 nitrogen and oxygen atoms in total. The van der Waals surface area contributed by atoms with Gasteiger partial charge >= 0.3 is 0 Å². The Morgan fingerprint density at radius 1 is 0.714 bits per heavy atom. The maximum Gasteiger partial charge on any atom is 0.0192 e. The van der Waals surface area contributed by atoms with Crippen molar-refractivity contribution in [2.45, 2.75) is 97.9 Å². The minimum absolute atomic E-state index is 0.670. The third kappa shape index (κ3) is 13.3. The van der Waals surface area contributed by atoms with Gasteiger partial charge in [-0.2, -0.15) is 0 Å². The normalized spacial score (nSPS) is 13.0. The molecule has 0 aliphatic heterocycles. The Morgan fingerprint density at radius 2 is 1.19 bits per heavy atom. The van der Waals surface area contributed by atoms with Crippen LogP contribution in [0.3, 0.4) is 0 Å². The van der Waals surface area contributed by atoms with Gasteiger partial charge in [0.1, 0.15) is 0 Å². The molecule has 1 unspecified atom stereocenters. The quantitative estimate of drug-likeness (QED) is 0.393. The monoisotopic (exact) mass is 298 g/mol. The molecule has 0 rings (SSSR count). The lowest BCUT2D eigenvalue weighted by atomic mass is 10.1. The molecule has 0 amide bonds. The minimum Gasteiger partial charge on any atom is -0.315 e. The van der Waals surface area contributed by atoms with Crippen LogP contribution in [-0.4, -0.2) is 37.1 Å². The summed E-state index contributed by atoms with van der Waals surface area (Å²) in [6.07, 6.45) is 14.2. The Morgan fingerprint density at radius 3 is 1.67 bits per heavy atom. The summed E-state index contributed by atoms with van der Waals surface area (Å²) in [5, 5.41) is 3.62. The maximum absolute atomic E-state index is 3.62. The molecule has 0 heterocycles. The van der Waals surface area contributed by atoms with E-state index in [0.29, 0.717) is 6.04 Å². The number of hydrogen-bond acceptors (Lipinski definition) is 2. The molecule has 0 aliphatic carbocycles. The summed E-state index contributed by atoms with van der Waals surface area (Å²) in [6, 6.07) is 0.670. The zero-order chi connectivity index (χ0) is 15.8. The van der Waals surface area contributed by atoms with Gasteiger partial charge in [0.25, 0.3) is 0 Å². The van der Waals surface area contributed by atoms with Crippen LogP contribution in [0.15, 0.2) is 0 Å². The lowest BCUT2D eigenvalue weighted by Gasteiger charge is -2.26. The first kappa shape index (κ1) is 20.9. The standard InChI is InChI=1S/C19H42N2/c1-5-8-9-10-11-12-13-14-15-16-17-20-18-19(4)21(6-2)7-3/h19-20H,5-18H2,1-4H3. The van der Waals surface area contributed by atoms with Gasteiger partial charge in [-0.1, -0.05) is 78.6 Å². The summed E-state index contributed by atoms with van der Waals surface area (Å²) >= 11 is 0. The van der Waals surface area contributed by atoms with E-state index in [-0.39, 0.29) is 0 Å². The van der Waals surface area contributed by atoms with E-state index in [0.717, 1.165) is 19.6 Å². The fourth-order valence-electron chi connectivity index (χ4n) is 3.02. The van der Waals surface area contributed by atoms with E-state index in [1.165, 1.54) is 70.8 Å². The Balaban J connectivity index is 3.18. The number of nitrogens with one attached hydrogen (secondary N) is 1. The number of nitrogens with zero attached hydrogens (tertiary/aromatic N) is 1. The molecule has 2 heteroatoms. The average molecular weight is 299 g/mol. The second-order valence-corrected chi connectivity index (χ2v) is 6.46. The topological polar surface area (TPSA) is 15.3 Å². The van der Waals surface area contributed by atoms with E-state index < -0.39 is 0 Å². The highest BCUT2D eigenvalue weighted by Crippen LogP contribution is 2.10. The van der Waals surface area contributed by atoms with E-state index in [9.17, 15) is 0 Å². The van der Waals surface area contributed by atoms with Crippen molar-refractivity contribution >= 4 is 0 Å². The summed E-state index contributed by atoms with van der Waals surface area (Å²) in [5.41, 5.74) is 0. The molecule has 0 aromatic rings. The Labute approximate surface area is 135 Å². The summed E-state index contributed by atoms with van der Waals surface area (Å²) in [7, 11) is 0. The van der Waals surface area contributed by atoms with E-state index >= 15 is 0 Å². The molecular weight excluding hydrogens is 256 g/mol. The molecule has 0 saturated carbocycles. The van der Waals surface area contributed by atoms with Gasteiger partial charge in [0.15, 0.2) is 0 Å². The van der Waals surface area contributed by atoms with E-state index in [1.54, 1.807) is 0 Å². The Hall–Kier alpha value is -0.0800. The first-order valence-corrected chi connectivity index (χ1v) is 9.70. The van der Waals surface area contributed by atoms with E-state index in [4.69, 9.17) is 0 Å². The molecule has 0 fully saturated rings. The lowest BCUT2D eigenvalue weighted by molar-refractivity contribution is 0.226. The van der Waals surface area contributed by atoms with Crippen molar-refractivity contribution in [2.75, 3.05) is 26.2 Å². The van der Waals surface area contributed by atoms with Crippen LogP contribution in [0.25, 0.3) is 0 Å². The smallest absolute Gasteiger partial charge is 0.0192 e. The third-order valence-corrected chi connectivity index (χ3v) is 4.58. The van der Waals surface area contributed by atoms with Gasteiger partial charge in [0.2, 0.25) is 0 Å². The van der Waals surface area contributed by atoms with E-state index in [2.05, 4.69) is 37.9 Å². The second kappa shape index (κ2) is 16.3. The fourth-order valence-corrected chi connectivity index (χ4v) is 3.02. The van der Waals surface area contributed by atoms with Crippen molar-refractivity contribution in [1.29, 1.82) is 0 Å². The lowest BCUT2D eigenvalue weighted by Crippen LogP contribution is -2.40. The fraction of sp³-hybridized carbons (Fsp3) is 1.00. The first-order chi connectivity index (χ1) is 10.3. The molecule has 21 heavy (non-hydrogen) atoms. The predicted molar refractivity (Wildman–Crippen MR) is 97.1 cm³/mol. The molecule has 1 N–H and O–H groups in total. The predicted octanol–water partition coefficient (Wildman–Crippen LogP) is 5.23. The summed E-state index contributed by atoms with van der Waals surface area (Å²) in [4.78, 5) is 2.52. The Bertz CT molecular complexity index is 190. The van der Waals surface area contributed by atoms with Crippen molar-refractivity contribution in [2.24, 2.45) is 0 Å². The summed E-state index contributed by atoms with van der Waals surface area (Å²) < 4.78 is 0. The molecule has 0 bridgehead atoms. The van der Waals surface area contributed by atoms with Gasteiger partial charge in [-0.15, -0.1) is 0 Å². The van der Waals surface area contributed by atoms with Gasteiger partial charge in [-0.05, 0) is 33.0 Å². The zero-order valence-electron chi connectivity index (χ0n) is 15.4. The highest BCUT2D eigenvalue weighted by molar-refractivity contribution is 4.67. The highest BCUT2D eigenvalue weighted by atomic mass is 15.2. The number of unbranched alkanes of at least 4 members (excludes halogenated alkanes) is 9. The molecule has 0 radical (unpaired) electrons. The Kier molecular flexibility index (Phi) is 16.2. The molecular formula is C19H42N2. The van der Waals surface area contributed by atoms with Gasteiger partial charge in [-0.25, -0.2) is 0 Å². The third-order valence-electron chi connectivity index (χ3n) is 4.58. The summed E-state index contributed by atoms with van der Waals surface area (Å²) in [5.74, 6) is 0. The van der Waals surface area contributed by atoms with Crippen LogP contribution < -0.4 is 5.32 Å². The van der Waals surface area contributed by atoms with Crippen LogP contribution in [0, 0.1) is 0 Å². The van der Waals surface area contributed by atoms with Gasteiger partial charge in [0.05, 0.1) is 0 Å². The van der Waals surface area contributed by atoms with Crippen LogP contribution in [0.5, 0.6) is 0 Å². The molecule has 0 spiro atoms. The molecule has 128 valence electrons. The average Bonchev–Trinajstić information content (AvgIpc) is 2.49. The zero-order valence-corrected chi connectivity index (χ0v) is 15.4. The van der Waals surface area contributed by atoms with Gasteiger partial charge in [0, 0.05) is 12.6 Å². The largest absolute Gasteiger partial charge is 0.315 e. The summed E-state index contributed by atoms with van der Waals surface area (Å²) in [6.45, 7) is 13.8. The number of rotatable bonds is 16. The van der Waals surface area contributed by atoms with Crippen molar-refractivity contribution in [3.63, 3.8) is 0 Å². The minimum atomic E-state index is 0.670. The van der Waals surface area contributed by atoms with Crippen LogP contribution in [0.2, 0.25) is 0 Å². The van der Waals surface area contributed by atoms with Crippen LogP contribution in [0.1, 0.15) is 91.9 Å². The second-order valence-electron chi connectivity index (χ2n) is 6.46. The van der Waals surface area contributed by atoms with Gasteiger partial charge in [-0.3, -0.25) is 4.90 Å². The molecule has 0 saturated heterocycles. The highest BCUT2D eigenvalue weighted by Gasteiger charge is 2.08. The molecule has 1 atom stereocenters. The van der Waals surface area contributed by atoms with Crippen molar-refractivity contribution in [3.05, 3.63) is 0 Å². The molecule has 0 aromatic carbocycles. The van der Waals surface area contributed by atoms with Crippen LogP contribution in [0.4, 0.5) is 0 Å². The van der Waals surface area contributed by atoms with Crippen molar-refractivity contribution in [1.82, 2.24) is 10.2 Å². The number of hydrogen-bond donors (Lipinski definition) is 1. The van der Waals surface area contributed by atoms with Crippen LogP contribution in [-0.2, 0) is 0 Å². The number of likely N-dealkylation sites (N-methyl/N-ethyl adjacent to an activating group) is 1. The van der Waals surface area contributed by atoms with Crippen molar-refractivity contribution in [3.8, 4) is 0 Å². The van der Waals surface area contributed by atoms with Crippen LogP contribution >= 0.6 is 0 Å². The van der Waals surface area contributed by atoms with Gasteiger partial charge < -0.3 is 5.32 Å². The molecule has 0 aromatic heterocycles. The SMILES string of the molecule is CCCCCCCCCCCCNCC(C)N(CC)CC. The first-order valence-electron chi connectivity index (χ1n) is 9.70. The van der Waals surface area contributed by atoms with Crippen molar-refractivity contribution < 1.29 is 0 Å². The maximum atomic E-state index is 3.62. The molecule has 0 aliphatic rings.